The number of methoxy groups -OCH3 is 1. The smallest absolute Gasteiger partial charge is 0.338 e. The van der Waals surface area contributed by atoms with Crippen LogP contribution in [0.1, 0.15) is 53.9 Å². The summed E-state index contributed by atoms with van der Waals surface area (Å²) in [6, 6.07) is 14.8. The van der Waals surface area contributed by atoms with Crippen LogP contribution in [0.4, 0.5) is 4.39 Å². The summed E-state index contributed by atoms with van der Waals surface area (Å²) in [4.78, 5) is 15.6. The molecule has 5 heteroatoms. The number of hydrogen-bond acceptors (Lipinski definition) is 3. The second-order valence-electron chi connectivity index (χ2n) is 7.72. The number of nitrogens with zero attached hydrogens (tertiary/aromatic N) is 1. The minimum atomic E-state index is -1.34. The molecule has 4 nitrogen and oxygen atoms in total. The van der Waals surface area contributed by atoms with Crippen LogP contribution in [0.25, 0.3) is 22.4 Å². The molecule has 2 aromatic carbocycles. The maximum absolute atomic E-state index is 14.3. The van der Waals surface area contributed by atoms with E-state index in [1.54, 1.807) is 6.20 Å². The zero-order valence-electron chi connectivity index (χ0n) is 16.9. The number of hydrogen-bond donors (Lipinski definition) is 1. The molecule has 1 fully saturated rings. The Hall–Kier alpha value is -3.21. The molecule has 1 saturated carbocycles. The third-order valence-electron chi connectivity index (χ3n) is 5.88. The summed E-state index contributed by atoms with van der Waals surface area (Å²) in [5.74, 6) is -1.23. The van der Waals surface area contributed by atoms with Crippen molar-refractivity contribution >= 4 is 5.97 Å². The number of pyridine rings is 1. The van der Waals surface area contributed by atoms with E-state index in [0.717, 1.165) is 11.1 Å². The molecular formula is C25H24FNO3. The Bertz CT molecular complexity index is 1060. The third kappa shape index (κ3) is 4.06. The summed E-state index contributed by atoms with van der Waals surface area (Å²) in [5, 5.41) is 9.15. The van der Waals surface area contributed by atoms with Gasteiger partial charge in [0.25, 0.3) is 0 Å². The molecule has 0 spiro atoms. The number of aromatic nitrogens is 1. The number of ether oxygens (including phenoxy) is 1. The number of halogens is 1. The Morgan fingerprint density at radius 3 is 2.43 bits per heavy atom. The Kier molecular flexibility index (Phi) is 5.79. The van der Waals surface area contributed by atoms with E-state index < -0.39 is 17.3 Å². The lowest BCUT2D eigenvalue weighted by Crippen LogP contribution is -2.04. The molecule has 1 aliphatic carbocycles. The largest absolute Gasteiger partial charge is 0.496 e. The molecule has 0 aliphatic heterocycles. The molecule has 1 aromatic heterocycles. The Morgan fingerprint density at radius 1 is 1.03 bits per heavy atom. The van der Waals surface area contributed by atoms with Crippen molar-refractivity contribution in [3.8, 4) is 28.1 Å². The van der Waals surface area contributed by atoms with Crippen LogP contribution in [0, 0.1) is 5.82 Å². The van der Waals surface area contributed by atoms with Crippen molar-refractivity contribution in [1.82, 2.24) is 4.98 Å². The summed E-state index contributed by atoms with van der Waals surface area (Å²) >= 11 is 0. The highest BCUT2D eigenvalue weighted by Gasteiger charge is 2.18. The average molecular weight is 405 g/mol. The second kappa shape index (κ2) is 8.66. The summed E-state index contributed by atoms with van der Waals surface area (Å²) < 4.78 is 19.6. The van der Waals surface area contributed by atoms with Crippen LogP contribution in [0.5, 0.6) is 5.75 Å². The fourth-order valence-electron chi connectivity index (χ4n) is 4.23. The molecule has 1 N–H and O–H groups in total. The number of carboxylic acids is 1. The van der Waals surface area contributed by atoms with Gasteiger partial charge in [-0.2, -0.15) is 0 Å². The van der Waals surface area contributed by atoms with Crippen molar-refractivity contribution in [3.05, 3.63) is 71.7 Å². The molecule has 3 aromatic rings. The summed E-state index contributed by atoms with van der Waals surface area (Å²) in [5.41, 5.74) is 3.92. The van der Waals surface area contributed by atoms with Gasteiger partial charge in [-0.05, 0) is 59.7 Å². The highest BCUT2D eigenvalue weighted by molar-refractivity contribution is 5.90. The summed E-state index contributed by atoms with van der Waals surface area (Å²) in [6.07, 6.45) is 8.14. The first-order valence-electron chi connectivity index (χ1n) is 10.2. The standard InChI is InChI=1S/C25H24FNO3/c1-30-24-15-20(25(28)29)22(26)14-21(24)23-13-19(11-12-27-23)18-9-7-17(8-10-18)16-5-3-2-4-6-16/h7-16H,2-6H2,1H3,(H,28,29). The molecule has 0 bridgehead atoms. The van der Waals surface area contributed by atoms with E-state index in [0.29, 0.717) is 17.2 Å². The maximum atomic E-state index is 14.3. The number of rotatable bonds is 5. The van der Waals surface area contributed by atoms with Crippen molar-refractivity contribution in [3.63, 3.8) is 0 Å². The fourth-order valence-corrected chi connectivity index (χ4v) is 4.23. The minimum Gasteiger partial charge on any atom is -0.496 e. The quantitative estimate of drug-likeness (QED) is 0.540. The van der Waals surface area contributed by atoms with Crippen LogP contribution in [0.2, 0.25) is 0 Å². The first-order chi connectivity index (χ1) is 14.6. The van der Waals surface area contributed by atoms with E-state index in [9.17, 15) is 9.18 Å². The van der Waals surface area contributed by atoms with E-state index >= 15 is 0 Å². The highest BCUT2D eigenvalue weighted by Crippen LogP contribution is 2.35. The molecule has 0 saturated heterocycles. The Morgan fingerprint density at radius 2 is 1.77 bits per heavy atom. The van der Waals surface area contributed by atoms with Gasteiger partial charge in [0.2, 0.25) is 0 Å². The molecule has 0 radical (unpaired) electrons. The van der Waals surface area contributed by atoms with Gasteiger partial charge >= 0.3 is 5.97 Å². The first kappa shape index (κ1) is 20.1. The van der Waals surface area contributed by atoms with E-state index in [4.69, 9.17) is 9.84 Å². The van der Waals surface area contributed by atoms with Gasteiger partial charge < -0.3 is 9.84 Å². The van der Waals surface area contributed by atoms with Crippen LogP contribution in [0.3, 0.4) is 0 Å². The van der Waals surface area contributed by atoms with Crippen molar-refractivity contribution in [2.24, 2.45) is 0 Å². The minimum absolute atomic E-state index is 0.270. The Balaban J connectivity index is 1.66. The number of aromatic carboxylic acids is 1. The van der Waals surface area contributed by atoms with Gasteiger partial charge in [-0.3, -0.25) is 4.98 Å². The molecule has 154 valence electrons. The van der Waals surface area contributed by atoms with Gasteiger partial charge in [-0.25, -0.2) is 9.18 Å². The summed E-state index contributed by atoms with van der Waals surface area (Å²) in [6.45, 7) is 0. The van der Waals surface area contributed by atoms with E-state index in [1.807, 2.05) is 12.1 Å². The lowest BCUT2D eigenvalue weighted by molar-refractivity contribution is 0.0691. The normalized spacial score (nSPS) is 14.5. The topological polar surface area (TPSA) is 59.4 Å². The molecule has 1 aliphatic rings. The molecule has 30 heavy (non-hydrogen) atoms. The van der Waals surface area contributed by atoms with Crippen LogP contribution in [-0.4, -0.2) is 23.2 Å². The van der Waals surface area contributed by atoms with Crippen LogP contribution in [0.15, 0.2) is 54.7 Å². The third-order valence-corrected chi connectivity index (χ3v) is 5.88. The van der Waals surface area contributed by atoms with Crippen molar-refractivity contribution in [2.75, 3.05) is 7.11 Å². The zero-order valence-corrected chi connectivity index (χ0v) is 16.9. The SMILES string of the molecule is COc1cc(C(=O)O)c(F)cc1-c1cc(-c2ccc(C3CCCCC3)cc2)ccn1. The molecule has 1 heterocycles. The predicted molar refractivity (Wildman–Crippen MR) is 114 cm³/mol. The van der Waals surface area contributed by atoms with Gasteiger partial charge in [0.1, 0.15) is 11.6 Å². The number of carbonyl (C=O) groups is 1. The van der Waals surface area contributed by atoms with Crippen LogP contribution >= 0.6 is 0 Å². The van der Waals surface area contributed by atoms with E-state index in [2.05, 4.69) is 29.2 Å². The predicted octanol–water partition coefficient (Wildman–Crippen LogP) is 6.31. The van der Waals surface area contributed by atoms with Gasteiger partial charge in [-0.1, -0.05) is 43.5 Å². The van der Waals surface area contributed by atoms with Crippen molar-refractivity contribution < 1.29 is 19.0 Å². The Labute approximate surface area is 175 Å². The number of carboxylic acid groups (broad SMARTS) is 1. The lowest BCUT2D eigenvalue weighted by atomic mass is 9.84. The second-order valence-corrected chi connectivity index (χ2v) is 7.72. The van der Waals surface area contributed by atoms with Gasteiger partial charge in [0, 0.05) is 11.8 Å². The maximum Gasteiger partial charge on any atom is 0.338 e. The molecule has 0 amide bonds. The zero-order chi connectivity index (χ0) is 21.1. The van der Waals surface area contributed by atoms with Crippen LogP contribution < -0.4 is 4.74 Å². The first-order valence-corrected chi connectivity index (χ1v) is 10.2. The van der Waals surface area contributed by atoms with Gasteiger partial charge in [0.15, 0.2) is 0 Å². The molecular weight excluding hydrogens is 381 g/mol. The highest BCUT2D eigenvalue weighted by atomic mass is 19.1. The lowest BCUT2D eigenvalue weighted by Gasteiger charge is -2.22. The van der Waals surface area contributed by atoms with E-state index in [-0.39, 0.29) is 5.75 Å². The average Bonchev–Trinajstić information content (AvgIpc) is 2.79. The molecule has 0 atom stereocenters. The van der Waals surface area contributed by atoms with Crippen molar-refractivity contribution in [1.29, 1.82) is 0 Å². The monoisotopic (exact) mass is 405 g/mol. The molecule has 0 unspecified atom stereocenters. The fraction of sp³-hybridized carbons (Fsp3) is 0.280. The van der Waals surface area contributed by atoms with Crippen molar-refractivity contribution in [2.45, 2.75) is 38.0 Å². The molecule has 4 rings (SSSR count). The van der Waals surface area contributed by atoms with E-state index in [1.165, 1.54) is 56.9 Å². The van der Waals surface area contributed by atoms with Gasteiger partial charge in [-0.15, -0.1) is 0 Å². The number of benzene rings is 2. The van der Waals surface area contributed by atoms with Crippen LogP contribution in [-0.2, 0) is 0 Å². The van der Waals surface area contributed by atoms with Gasteiger partial charge in [0.05, 0.1) is 18.4 Å². The summed E-state index contributed by atoms with van der Waals surface area (Å²) in [7, 11) is 1.43.